The molecule has 0 fully saturated rings. The number of carbonyl (C=O) groups is 1. The van der Waals surface area contributed by atoms with Crippen LogP contribution in [0.1, 0.15) is 32.4 Å². The number of nitrogens with zero attached hydrogens (tertiary/aromatic N) is 1. The molecular weight excluding hydrogens is 309 g/mol. The van der Waals surface area contributed by atoms with Crippen molar-refractivity contribution in [3.63, 3.8) is 0 Å². The van der Waals surface area contributed by atoms with Gasteiger partial charge in [0.1, 0.15) is 0 Å². The monoisotopic (exact) mass is 323 g/mol. The van der Waals surface area contributed by atoms with Gasteiger partial charge < -0.3 is 10.6 Å². The van der Waals surface area contributed by atoms with Crippen LogP contribution in [0, 0.1) is 16.7 Å². The third-order valence-corrected chi connectivity index (χ3v) is 3.78. The molecule has 1 aliphatic rings. The van der Waals surface area contributed by atoms with Gasteiger partial charge in [-0.3, -0.25) is 0 Å². The van der Waals surface area contributed by atoms with E-state index in [1.807, 2.05) is 20.8 Å². The van der Waals surface area contributed by atoms with Crippen LogP contribution in [0.4, 0.5) is 4.79 Å². The first-order valence-electron chi connectivity index (χ1n) is 6.41. The maximum atomic E-state index is 11.9. The number of nitrogens with one attached hydrogen (secondary N) is 2. The number of hydrogen-bond donors (Lipinski definition) is 2. The van der Waals surface area contributed by atoms with E-state index in [0.29, 0.717) is 26.9 Å². The van der Waals surface area contributed by atoms with Crippen LogP contribution in [-0.4, -0.2) is 6.03 Å². The summed E-state index contributed by atoms with van der Waals surface area (Å²) in [5.74, 6) is 0. The molecule has 0 unspecified atom stereocenters. The number of amides is 2. The number of hydrogen-bond acceptors (Lipinski definition) is 2. The minimum absolute atomic E-state index is 0.352. The lowest BCUT2D eigenvalue weighted by Crippen LogP contribution is -2.46. The number of urea groups is 1. The quantitative estimate of drug-likeness (QED) is 0.814. The Morgan fingerprint density at radius 2 is 1.95 bits per heavy atom. The minimum Gasteiger partial charge on any atom is -0.326 e. The Labute approximate surface area is 133 Å². The van der Waals surface area contributed by atoms with E-state index in [0.717, 1.165) is 0 Å². The van der Waals surface area contributed by atoms with Crippen LogP contribution >= 0.6 is 23.2 Å². The number of allylic oxidation sites excluding steroid dienone is 1. The van der Waals surface area contributed by atoms with Crippen LogP contribution in [0.2, 0.25) is 10.0 Å². The van der Waals surface area contributed by atoms with Crippen molar-refractivity contribution >= 4 is 29.2 Å². The lowest BCUT2D eigenvalue weighted by Gasteiger charge is -2.33. The molecule has 1 aromatic carbocycles. The van der Waals surface area contributed by atoms with Gasteiger partial charge in [-0.25, -0.2) is 4.79 Å². The molecule has 0 saturated carbocycles. The van der Waals surface area contributed by atoms with E-state index in [1.54, 1.807) is 18.2 Å². The van der Waals surface area contributed by atoms with E-state index in [1.165, 1.54) is 0 Å². The number of halogens is 2. The van der Waals surface area contributed by atoms with Crippen molar-refractivity contribution in [3.05, 3.63) is 45.1 Å². The molecular formula is C15H15Cl2N3O. The SMILES string of the molecule is CC(C)(C)C1=C(C#N)[C@@H](c2ccc(Cl)cc2Cl)NC(=O)N1. The van der Waals surface area contributed by atoms with Crippen LogP contribution < -0.4 is 10.6 Å². The van der Waals surface area contributed by atoms with Crippen LogP contribution in [0.5, 0.6) is 0 Å². The van der Waals surface area contributed by atoms with Crippen molar-refractivity contribution in [3.8, 4) is 6.07 Å². The molecule has 2 amide bonds. The maximum Gasteiger partial charge on any atom is 0.319 e. The van der Waals surface area contributed by atoms with E-state index in [9.17, 15) is 10.1 Å². The highest BCUT2D eigenvalue weighted by molar-refractivity contribution is 6.35. The average Bonchev–Trinajstić information content (AvgIpc) is 2.36. The van der Waals surface area contributed by atoms with Gasteiger partial charge in [-0.2, -0.15) is 5.26 Å². The van der Waals surface area contributed by atoms with Gasteiger partial charge >= 0.3 is 6.03 Å². The molecule has 2 rings (SSSR count). The van der Waals surface area contributed by atoms with Crippen molar-refractivity contribution in [2.75, 3.05) is 0 Å². The number of rotatable bonds is 1. The Hall–Kier alpha value is -1.70. The summed E-state index contributed by atoms with van der Waals surface area (Å²) in [5, 5.41) is 15.9. The summed E-state index contributed by atoms with van der Waals surface area (Å²) >= 11 is 12.1. The summed E-state index contributed by atoms with van der Waals surface area (Å²) in [6, 6.07) is 6.25. The first kappa shape index (κ1) is 15.7. The molecule has 6 heteroatoms. The Kier molecular flexibility index (Phi) is 4.18. The average molecular weight is 324 g/mol. The van der Waals surface area contributed by atoms with Crippen molar-refractivity contribution in [2.24, 2.45) is 5.41 Å². The molecule has 1 heterocycles. The molecule has 1 aromatic rings. The Morgan fingerprint density at radius 1 is 1.29 bits per heavy atom. The molecule has 0 bridgehead atoms. The van der Waals surface area contributed by atoms with Gasteiger partial charge in [0.25, 0.3) is 0 Å². The van der Waals surface area contributed by atoms with E-state index in [2.05, 4.69) is 16.7 Å². The molecule has 110 valence electrons. The Bertz CT molecular complexity index is 668. The van der Waals surface area contributed by atoms with E-state index in [4.69, 9.17) is 23.2 Å². The second-order valence-electron chi connectivity index (χ2n) is 5.85. The van der Waals surface area contributed by atoms with Gasteiger partial charge in [0.2, 0.25) is 0 Å². The van der Waals surface area contributed by atoms with Crippen LogP contribution in [-0.2, 0) is 0 Å². The lowest BCUT2D eigenvalue weighted by atomic mass is 9.84. The van der Waals surface area contributed by atoms with E-state index in [-0.39, 0.29) is 11.4 Å². The third kappa shape index (κ3) is 3.15. The molecule has 4 nitrogen and oxygen atoms in total. The Morgan fingerprint density at radius 3 is 2.48 bits per heavy atom. The highest BCUT2D eigenvalue weighted by Gasteiger charge is 2.34. The summed E-state index contributed by atoms with van der Waals surface area (Å²) in [5.41, 5.74) is 1.34. The molecule has 21 heavy (non-hydrogen) atoms. The molecule has 0 spiro atoms. The predicted molar refractivity (Wildman–Crippen MR) is 83.0 cm³/mol. The molecule has 1 atom stereocenters. The molecule has 0 aliphatic carbocycles. The third-order valence-electron chi connectivity index (χ3n) is 3.22. The fourth-order valence-corrected chi connectivity index (χ4v) is 2.76. The molecule has 0 aromatic heterocycles. The van der Waals surface area contributed by atoms with Crippen molar-refractivity contribution < 1.29 is 4.79 Å². The standard InChI is InChI=1S/C15H15Cl2N3O/c1-15(2,3)13-10(7-18)12(19-14(21)20-13)9-5-4-8(16)6-11(9)17/h4-6,12H,1-3H3,(H2,19,20,21)/t12-/m1/s1. The van der Waals surface area contributed by atoms with E-state index >= 15 is 0 Å². The molecule has 1 aliphatic heterocycles. The van der Waals surface area contributed by atoms with Gasteiger partial charge in [-0.15, -0.1) is 0 Å². The molecule has 0 saturated heterocycles. The number of benzene rings is 1. The smallest absolute Gasteiger partial charge is 0.319 e. The van der Waals surface area contributed by atoms with Gasteiger partial charge in [0, 0.05) is 21.2 Å². The van der Waals surface area contributed by atoms with Crippen LogP contribution in [0.25, 0.3) is 0 Å². The summed E-state index contributed by atoms with van der Waals surface area (Å²) in [4.78, 5) is 11.9. The van der Waals surface area contributed by atoms with E-state index < -0.39 is 6.04 Å². The molecule has 0 radical (unpaired) electrons. The minimum atomic E-state index is -0.581. The summed E-state index contributed by atoms with van der Waals surface area (Å²) in [6.45, 7) is 5.81. The van der Waals surface area contributed by atoms with Gasteiger partial charge in [-0.1, -0.05) is 50.0 Å². The van der Waals surface area contributed by atoms with Gasteiger partial charge in [0.15, 0.2) is 0 Å². The summed E-state index contributed by atoms with van der Waals surface area (Å²) < 4.78 is 0. The van der Waals surface area contributed by atoms with Crippen LogP contribution in [0.3, 0.4) is 0 Å². The fourth-order valence-electron chi connectivity index (χ4n) is 2.25. The Balaban J connectivity index is 2.61. The maximum absolute atomic E-state index is 11.9. The normalized spacial score (nSPS) is 18.9. The van der Waals surface area contributed by atoms with Crippen molar-refractivity contribution in [1.82, 2.24) is 10.6 Å². The number of carbonyl (C=O) groups excluding carboxylic acids is 1. The zero-order valence-electron chi connectivity index (χ0n) is 11.9. The zero-order valence-corrected chi connectivity index (χ0v) is 13.4. The highest BCUT2D eigenvalue weighted by Crippen LogP contribution is 2.37. The predicted octanol–water partition coefficient (Wildman–Crippen LogP) is 4.17. The topological polar surface area (TPSA) is 64.9 Å². The second-order valence-corrected chi connectivity index (χ2v) is 6.69. The van der Waals surface area contributed by atoms with Crippen molar-refractivity contribution in [1.29, 1.82) is 5.26 Å². The lowest BCUT2D eigenvalue weighted by molar-refractivity contribution is 0.235. The highest BCUT2D eigenvalue weighted by atomic mass is 35.5. The zero-order chi connectivity index (χ0) is 15.8. The first-order chi connectivity index (χ1) is 9.74. The largest absolute Gasteiger partial charge is 0.326 e. The van der Waals surface area contributed by atoms with Crippen molar-refractivity contribution in [2.45, 2.75) is 26.8 Å². The van der Waals surface area contributed by atoms with Crippen LogP contribution in [0.15, 0.2) is 29.5 Å². The molecule has 2 N–H and O–H groups in total. The summed E-state index contributed by atoms with van der Waals surface area (Å²) in [7, 11) is 0. The number of nitriles is 1. The van der Waals surface area contributed by atoms with Gasteiger partial charge in [-0.05, 0) is 17.7 Å². The fraction of sp³-hybridized carbons (Fsp3) is 0.333. The summed E-state index contributed by atoms with van der Waals surface area (Å²) in [6.07, 6.45) is 0. The van der Waals surface area contributed by atoms with Gasteiger partial charge in [0.05, 0.1) is 17.7 Å². The second kappa shape index (κ2) is 5.59. The first-order valence-corrected chi connectivity index (χ1v) is 7.17.